The fraction of sp³-hybridized carbons (Fsp3) is 0.523. The molecule has 2 saturated carbocycles. The van der Waals surface area contributed by atoms with E-state index in [4.69, 9.17) is 9.47 Å². The molecular formula is C44H55N5O4. The van der Waals surface area contributed by atoms with Crippen molar-refractivity contribution in [3.05, 3.63) is 91.9 Å². The van der Waals surface area contributed by atoms with Crippen LogP contribution in [0.15, 0.2) is 53.0 Å². The lowest BCUT2D eigenvalue weighted by Gasteiger charge is -2.43. The minimum absolute atomic E-state index is 0.0158. The third-order valence-corrected chi connectivity index (χ3v) is 13.0. The van der Waals surface area contributed by atoms with Crippen LogP contribution in [0, 0.1) is 30.6 Å². The number of nitriles is 1. The zero-order chi connectivity index (χ0) is 37.7. The fourth-order valence-corrected chi connectivity index (χ4v) is 9.43. The largest absolute Gasteiger partial charge is 0.496 e. The van der Waals surface area contributed by atoms with Gasteiger partial charge in [0.1, 0.15) is 23.1 Å². The number of carbonyl (C=O) groups is 1. The smallest absolute Gasteiger partial charge is 0.264 e. The number of methoxy groups -OCH3 is 2. The first-order valence-corrected chi connectivity index (χ1v) is 19.3. The number of rotatable bonds is 9. The van der Waals surface area contributed by atoms with E-state index < -0.39 is 0 Å². The Labute approximate surface area is 314 Å². The second-order valence-corrected chi connectivity index (χ2v) is 16.4. The van der Waals surface area contributed by atoms with E-state index in [1.54, 1.807) is 25.8 Å². The number of allylic oxidation sites excluding steroid dienone is 1. The molecule has 0 radical (unpaired) electrons. The highest BCUT2D eigenvalue weighted by molar-refractivity contribution is 5.97. The minimum Gasteiger partial charge on any atom is -0.496 e. The molecule has 7 rings (SSSR count). The van der Waals surface area contributed by atoms with Gasteiger partial charge in [-0.3, -0.25) is 19.4 Å². The topological polar surface area (TPSA) is 91.0 Å². The Morgan fingerprint density at radius 2 is 1.70 bits per heavy atom. The summed E-state index contributed by atoms with van der Waals surface area (Å²) in [5.41, 5.74) is 9.06. The molecule has 53 heavy (non-hydrogen) atoms. The van der Waals surface area contributed by atoms with E-state index in [9.17, 15) is 14.9 Å². The highest BCUT2D eigenvalue weighted by Crippen LogP contribution is 2.47. The monoisotopic (exact) mass is 717 g/mol. The standard InChI is InChI=1S/C44H55N5O4/c1-29-30(2)41(50)46(5)26-37(29)33-21-39(52-6)38(40(22-33)53-7)27-47-19-20-48(44(28-47)16-17-44)25-32-11-10-12-35-31(3)49(18-13-36(32)35)42(51)34(24-45)23-43(4)14-8-9-15-43/h10-12,21-23,26,31H,8-9,13-20,25,27-28H2,1-7H3/b34-23+. The SMILES string of the molecule is COc1cc(-c2cn(C)c(=O)c(C)c2C)cc(OC)c1CN1CCN(Cc2cccc3c2CCN(C(=O)/C(C#N)=C/C2(C)CCCC2)C3C)C2(CC2)C1. The van der Waals surface area contributed by atoms with Crippen molar-refractivity contribution in [2.75, 3.05) is 40.4 Å². The molecule has 0 N–H and O–H groups in total. The molecule has 1 atom stereocenters. The number of aryl methyl sites for hydroxylation is 1. The molecule has 1 aromatic heterocycles. The number of aromatic nitrogens is 1. The molecule has 1 saturated heterocycles. The fourth-order valence-electron chi connectivity index (χ4n) is 9.43. The number of nitrogens with zero attached hydrogens (tertiary/aromatic N) is 5. The van der Waals surface area contributed by atoms with Gasteiger partial charge in [0.2, 0.25) is 0 Å². The van der Waals surface area contributed by atoms with Gasteiger partial charge in [-0.15, -0.1) is 0 Å². The number of amides is 1. The average Bonchev–Trinajstić information content (AvgIpc) is 3.79. The summed E-state index contributed by atoms with van der Waals surface area (Å²) in [6.07, 6.45) is 11.4. The summed E-state index contributed by atoms with van der Waals surface area (Å²) in [5, 5.41) is 10.0. The second-order valence-electron chi connectivity index (χ2n) is 16.4. The molecule has 1 amide bonds. The molecule has 1 spiro atoms. The molecule has 3 aromatic rings. The normalized spacial score (nSPS) is 21.0. The Kier molecular flexibility index (Phi) is 10.1. The highest BCUT2D eigenvalue weighted by Gasteiger charge is 2.51. The summed E-state index contributed by atoms with van der Waals surface area (Å²) in [5.74, 6) is 1.46. The number of fused-ring (bicyclic) bond motifs is 1. The lowest BCUT2D eigenvalue weighted by atomic mass is 9.85. The van der Waals surface area contributed by atoms with Crippen LogP contribution in [0.5, 0.6) is 11.5 Å². The summed E-state index contributed by atoms with van der Waals surface area (Å²) >= 11 is 0. The van der Waals surface area contributed by atoms with Crippen molar-refractivity contribution in [1.82, 2.24) is 19.3 Å². The van der Waals surface area contributed by atoms with Crippen LogP contribution in [0.3, 0.4) is 0 Å². The molecule has 9 nitrogen and oxygen atoms in total. The van der Waals surface area contributed by atoms with Gasteiger partial charge >= 0.3 is 0 Å². The third-order valence-electron chi connectivity index (χ3n) is 13.0. The van der Waals surface area contributed by atoms with Gasteiger partial charge in [0, 0.05) is 69.2 Å². The van der Waals surface area contributed by atoms with Crippen LogP contribution in [-0.4, -0.2) is 71.1 Å². The quantitative estimate of drug-likeness (QED) is 0.174. The van der Waals surface area contributed by atoms with E-state index in [1.807, 2.05) is 31.0 Å². The first-order valence-electron chi connectivity index (χ1n) is 19.3. The maximum Gasteiger partial charge on any atom is 0.264 e. The van der Waals surface area contributed by atoms with Gasteiger partial charge in [0.15, 0.2) is 0 Å². The number of ether oxygens (including phenoxy) is 2. The van der Waals surface area contributed by atoms with Crippen LogP contribution in [0.1, 0.15) is 91.8 Å². The Morgan fingerprint density at radius 1 is 1.00 bits per heavy atom. The van der Waals surface area contributed by atoms with Crippen molar-refractivity contribution in [2.45, 2.75) is 97.3 Å². The predicted octanol–water partition coefficient (Wildman–Crippen LogP) is 7.01. The zero-order valence-electron chi connectivity index (χ0n) is 32.7. The molecule has 0 bridgehead atoms. The first kappa shape index (κ1) is 36.9. The van der Waals surface area contributed by atoms with E-state index in [1.165, 1.54) is 29.5 Å². The summed E-state index contributed by atoms with van der Waals surface area (Å²) in [4.78, 5) is 33.5. The van der Waals surface area contributed by atoms with Gasteiger partial charge in [-0.05, 0) is 98.2 Å². The van der Waals surface area contributed by atoms with Crippen LogP contribution >= 0.6 is 0 Å². The van der Waals surface area contributed by atoms with E-state index in [0.29, 0.717) is 12.1 Å². The lowest BCUT2D eigenvalue weighted by Crippen LogP contribution is -2.54. The zero-order valence-corrected chi connectivity index (χ0v) is 32.7. The second kappa shape index (κ2) is 14.4. The van der Waals surface area contributed by atoms with Gasteiger partial charge in [0.05, 0.1) is 25.8 Å². The Morgan fingerprint density at radius 3 is 2.34 bits per heavy atom. The van der Waals surface area contributed by atoms with Crippen molar-refractivity contribution < 1.29 is 14.3 Å². The van der Waals surface area contributed by atoms with E-state index in [-0.39, 0.29) is 28.5 Å². The molecule has 2 aliphatic carbocycles. The summed E-state index contributed by atoms with van der Waals surface area (Å²) in [6, 6.07) is 12.9. The third kappa shape index (κ3) is 6.92. The predicted molar refractivity (Wildman–Crippen MR) is 208 cm³/mol. The van der Waals surface area contributed by atoms with Crippen LogP contribution in [0.4, 0.5) is 0 Å². The van der Waals surface area contributed by atoms with E-state index in [0.717, 1.165) is 104 Å². The van der Waals surface area contributed by atoms with E-state index in [2.05, 4.69) is 60.0 Å². The number of carbonyl (C=O) groups excluding carboxylic acids is 1. The number of hydrogen-bond donors (Lipinski definition) is 0. The molecule has 4 aliphatic rings. The van der Waals surface area contributed by atoms with Gasteiger partial charge < -0.3 is 18.9 Å². The Hall–Kier alpha value is -4.39. The first-order chi connectivity index (χ1) is 25.4. The van der Waals surface area contributed by atoms with Gasteiger partial charge in [0.25, 0.3) is 11.5 Å². The maximum atomic E-state index is 13.7. The Bertz CT molecular complexity index is 2020. The molecule has 3 heterocycles. The average molecular weight is 718 g/mol. The molecule has 2 aromatic carbocycles. The summed E-state index contributed by atoms with van der Waals surface area (Å²) in [6.45, 7) is 13.3. The van der Waals surface area contributed by atoms with Gasteiger partial charge in [-0.25, -0.2) is 0 Å². The molecule has 2 aliphatic heterocycles. The van der Waals surface area contributed by atoms with Crippen LogP contribution in [-0.2, 0) is 31.4 Å². The van der Waals surface area contributed by atoms with Crippen LogP contribution in [0.2, 0.25) is 0 Å². The minimum atomic E-state index is -0.127. The highest BCUT2D eigenvalue weighted by atomic mass is 16.5. The number of benzene rings is 2. The van der Waals surface area contributed by atoms with Crippen LogP contribution < -0.4 is 15.0 Å². The number of pyridine rings is 1. The summed E-state index contributed by atoms with van der Waals surface area (Å²) in [7, 11) is 5.22. The molecule has 280 valence electrons. The van der Waals surface area contributed by atoms with Crippen molar-refractivity contribution in [3.63, 3.8) is 0 Å². The van der Waals surface area contributed by atoms with Crippen molar-refractivity contribution >= 4 is 5.91 Å². The molecule has 9 heteroatoms. The summed E-state index contributed by atoms with van der Waals surface area (Å²) < 4.78 is 13.6. The maximum absolute atomic E-state index is 13.7. The van der Waals surface area contributed by atoms with E-state index >= 15 is 0 Å². The van der Waals surface area contributed by atoms with Gasteiger partial charge in [-0.1, -0.05) is 44.0 Å². The molecule has 3 fully saturated rings. The Balaban J connectivity index is 1.06. The lowest BCUT2D eigenvalue weighted by molar-refractivity contribution is -0.129. The van der Waals surface area contributed by atoms with Crippen molar-refractivity contribution in [1.29, 1.82) is 5.26 Å². The molecular weight excluding hydrogens is 663 g/mol. The van der Waals surface area contributed by atoms with Crippen molar-refractivity contribution in [3.8, 4) is 28.7 Å². The van der Waals surface area contributed by atoms with Crippen LogP contribution in [0.25, 0.3) is 11.1 Å². The van der Waals surface area contributed by atoms with Gasteiger partial charge in [-0.2, -0.15) is 5.26 Å². The van der Waals surface area contributed by atoms with Crippen molar-refractivity contribution in [2.24, 2.45) is 12.5 Å². The number of hydrogen-bond acceptors (Lipinski definition) is 7. The number of piperazine rings is 1. The molecule has 1 unspecified atom stereocenters.